The third-order valence-electron chi connectivity index (χ3n) is 2.95. The average Bonchev–Trinajstić information content (AvgIpc) is 2.92. The van der Waals surface area contributed by atoms with Crippen molar-refractivity contribution in [2.45, 2.75) is 45.2 Å². The smallest absolute Gasteiger partial charge is 0.105 e. The van der Waals surface area contributed by atoms with Crippen molar-refractivity contribution in [3.05, 3.63) is 18.2 Å². The molecule has 78 valence electrons. The van der Waals surface area contributed by atoms with Gasteiger partial charge in [0.1, 0.15) is 5.82 Å². The van der Waals surface area contributed by atoms with Gasteiger partial charge in [0.2, 0.25) is 0 Å². The quantitative estimate of drug-likeness (QED) is 0.774. The van der Waals surface area contributed by atoms with Crippen LogP contribution in [0.5, 0.6) is 0 Å². The molecule has 1 fully saturated rings. The van der Waals surface area contributed by atoms with Gasteiger partial charge in [-0.1, -0.05) is 6.92 Å². The van der Waals surface area contributed by atoms with Gasteiger partial charge in [-0.05, 0) is 26.2 Å². The van der Waals surface area contributed by atoms with Crippen molar-refractivity contribution in [3.63, 3.8) is 0 Å². The van der Waals surface area contributed by atoms with Gasteiger partial charge in [-0.25, -0.2) is 4.98 Å². The van der Waals surface area contributed by atoms with Crippen LogP contribution in [-0.2, 0) is 0 Å². The summed E-state index contributed by atoms with van der Waals surface area (Å²) >= 11 is 0. The molecule has 0 radical (unpaired) electrons. The van der Waals surface area contributed by atoms with E-state index in [1.807, 2.05) is 6.20 Å². The lowest BCUT2D eigenvalue weighted by atomic mass is 10.2. The lowest BCUT2D eigenvalue weighted by Gasteiger charge is -2.18. The first-order valence-electron chi connectivity index (χ1n) is 5.54. The van der Waals surface area contributed by atoms with Crippen molar-refractivity contribution in [1.82, 2.24) is 14.9 Å². The molecule has 1 atom stereocenters. The molecular weight excluding hydrogens is 174 g/mol. The predicted octanol–water partition coefficient (Wildman–Crippen LogP) is 1.89. The van der Waals surface area contributed by atoms with Crippen LogP contribution in [0.25, 0.3) is 0 Å². The molecule has 1 saturated carbocycles. The van der Waals surface area contributed by atoms with Gasteiger partial charge in [0.15, 0.2) is 0 Å². The fraction of sp³-hybridized carbons (Fsp3) is 0.727. The average molecular weight is 193 g/mol. The van der Waals surface area contributed by atoms with Crippen LogP contribution in [0, 0.1) is 6.92 Å². The Hall–Kier alpha value is -0.830. The molecule has 0 aromatic carbocycles. The number of aromatic nitrogens is 2. The molecule has 1 unspecified atom stereocenters. The van der Waals surface area contributed by atoms with Gasteiger partial charge in [-0.2, -0.15) is 0 Å². The molecule has 1 N–H and O–H groups in total. The molecule has 14 heavy (non-hydrogen) atoms. The molecule has 3 nitrogen and oxygen atoms in total. The number of imidazole rings is 1. The van der Waals surface area contributed by atoms with Gasteiger partial charge in [0.05, 0.1) is 0 Å². The van der Waals surface area contributed by atoms with Gasteiger partial charge in [-0.3, -0.25) is 0 Å². The molecular formula is C11H19N3. The zero-order valence-corrected chi connectivity index (χ0v) is 9.03. The highest BCUT2D eigenvalue weighted by molar-refractivity contribution is 4.93. The van der Waals surface area contributed by atoms with Crippen molar-refractivity contribution >= 4 is 0 Å². The van der Waals surface area contributed by atoms with Crippen molar-refractivity contribution in [1.29, 1.82) is 0 Å². The van der Waals surface area contributed by atoms with Crippen LogP contribution in [0.15, 0.2) is 12.4 Å². The van der Waals surface area contributed by atoms with Crippen molar-refractivity contribution in [3.8, 4) is 0 Å². The number of nitrogens with one attached hydrogen (secondary N) is 1. The summed E-state index contributed by atoms with van der Waals surface area (Å²) in [7, 11) is 0. The first kappa shape index (κ1) is 9.71. The van der Waals surface area contributed by atoms with E-state index in [0.717, 1.165) is 24.8 Å². The Kier molecular flexibility index (Phi) is 2.87. The molecule has 0 spiro atoms. The van der Waals surface area contributed by atoms with Crippen LogP contribution in [-0.4, -0.2) is 22.1 Å². The summed E-state index contributed by atoms with van der Waals surface area (Å²) in [5, 5.41) is 3.57. The third-order valence-corrected chi connectivity index (χ3v) is 2.95. The maximum absolute atomic E-state index is 4.26. The summed E-state index contributed by atoms with van der Waals surface area (Å²) < 4.78 is 2.27. The largest absolute Gasteiger partial charge is 0.331 e. The Morgan fingerprint density at radius 2 is 2.43 bits per heavy atom. The number of nitrogens with zero attached hydrogens (tertiary/aromatic N) is 2. The number of aryl methyl sites for hydroxylation is 1. The normalized spacial score (nSPS) is 18.4. The maximum atomic E-state index is 4.26. The molecule has 0 amide bonds. The SMILES string of the molecule is CCC(CNC1CC1)n1ccnc1C. The first-order chi connectivity index (χ1) is 6.81. The minimum atomic E-state index is 0.568. The lowest BCUT2D eigenvalue weighted by molar-refractivity contribution is 0.438. The minimum Gasteiger partial charge on any atom is -0.331 e. The molecule has 1 heterocycles. The lowest BCUT2D eigenvalue weighted by Crippen LogP contribution is -2.26. The zero-order chi connectivity index (χ0) is 9.97. The van der Waals surface area contributed by atoms with E-state index in [1.165, 1.54) is 12.8 Å². The van der Waals surface area contributed by atoms with E-state index in [0.29, 0.717) is 6.04 Å². The summed E-state index contributed by atoms with van der Waals surface area (Å²) in [6, 6.07) is 1.37. The topological polar surface area (TPSA) is 29.9 Å². The molecule has 1 aliphatic rings. The van der Waals surface area contributed by atoms with Gasteiger partial charge >= 0.3 is 0 Å². The highest BCUT2D eigenvalue weighted by Crippen LogP contribution is 2.20. The van der Waals surface area contributed by atoms with Crippen LogP contribution < -0.4 is 5.32 Å². The summed E-state index contributed by atoms with van der Waals surface area (Å²) in [4.78, 5) is 4.26. The molecule has 3 heteroatoms. The molecule has 1 aromatic rings. The minimum absolute atomic E-state index is 0.568. The highest BCUT2D eigenvalue weighted by atomic mass is 15.1. The molecule has 0 saturated heterocycles. The van der Waals surface area contributed by atoms with E-state index < -0.39 is 0 Å². The number of rotatable bonds is 5. The monoisotopic (exact) mass is 193 g/mol. The third kappa shape index (κ3) is 2.15. The van der Waals surface area contributed by atoms with Crippen LogP contribution in [0.2, 0.25) is 0 Å². The van der Waals surface area contributed by atoms with E-state index >= 15 is 0 Å². The van der Waals surface area contributed by atoms with Crippen LogP contribution in [0.4, 0.5) is 0 Å². The van der Waals surface area contributed by atoms with E-state index in [4.69, 9.17) is 0 Å². The Labute approximate surface area is 85.5 Å². The first-order valence-corrected chi connectivity index (χ1v) is 5.54. The second kappa shape index (κ2) is 4.13. The zero-order valence-electron chi connectivity index (χ0n) is 9.03. The van der Waals surface area contributed by atoms with Crippen molar-refractivity contribution < 1.29 is 0 Å². The fourth-order valence-corrected chi connectivity index (χ4v) is 1.80. The standard InChI is InChI=1S/C11H19N3/c1-3-11(8-13-10-4-5-10)14-7-6-12-9(14)2/h6-7,10-11,13H,3-5,8H2,1-2H3. The van der Waals surface area contributed by atoms with Crippen LogP contribution >= 0.6 is 0 Å². The van der Waals surface area contributed by atoms with E-state index in [2.05, 4.69) is 34.9 Å². The van der Waals surface area contributed by atoms with Crippen LogP contribution in [0.3, 0.4) is 0 Å². The number of hydrogen-bond acceptors (Lipinski definition) is 2. The molecule has 0 aliphatic heterocycles. The Morgan fingerprint density at radius 3 is 2.93 bits per heavy atom. The maximum Gasteiger partial charge on any atom is 0.105 e. The highest BCUT2D eigenvalue weighted by Gasteiger charge is 2.22. The van der Waals surface area contributed by atoms with Crippen molar-refractivity contribution in [2.75, 3.05) is 6.54 Å². The van der Waals surface area contributed by atoms with Gasteiger partial charge in [-0.15, -0.1) is 0 Å². The van der Waals surface area contributed by atoms with Gasteiger partial charge in [0.25, 0.3) is 0 Å². The Balaban J connectivity index is 1.93. The van der Waals surface area contributed by atoms with Crippen molar-refractivity contribution in [2.24, 2.45) is 0 Å². The summed E-state index contributed by atoms with van der Waals surface area (Å²) in [6.07, 6.45) is 7.85. The number of hydrogen-bond donors (Lipinski definition) is 1. The second-order valence-electron chi connectivity index (χ2n) is 4.13. The Morgan fingerprint density at radius 1 is 1.64 bits per heavy atom. The summed E-state index contributed by atoms with van der Waals surface area (Å²) in [5.41, 5.74) is 0. The van der Waals surface area contributed by atoms with Crippen LogP contribution in [0.1, 0.15) is 38.1 Å². The summed E-state index contributed by atoms with van der Waals surface area (Å²) in [5.74, 6) is 1.12. The van der Waals surface area contributed by atoms with E-state index in [-0.39, 0.29) is 0 Å². The Bertz CT molecular complexity index is 288. The van der Waals surface area contributed by atoms with Gasteiger partial charge < -0.3 is 9.88 Å². The predicted molar refractivity (Wildman–Crippen MR) is 57.3 cm³/mol. The summed E-state index contributed by atoms with van der Waals surface area (Å²) in [6.45, 7) is 5.39. The molecule has 1 aromatic heterocycles. The molecule has 1 aliphatic carbocycles. The fourth-order valence-electron chi connectivity index (χ4n) is 1.80. The van der Waals surface area contributed by atoms with E-state index in [9.17, 15) is 0 Å². The van der Waals surface area contributed by atoms with E-state index in [1.54, 1.807) is 0 Å². The second-order valence-corrected chi connectivity index (χ2v) is 4.13. The van der Waals surface area contributed by atoms with Gasteiger partial charge in [0, 0.05) is 31.0 Å². The molecule has 0 bridgehead atoms. The molecule has 2 rings (SSSR count).